The molecule has 0 spiro atoms. The van der Waals surface area contributed by atoms with Crippen molar-refractivity contribution in [3.63, 3.8) is 0 Å². The Morgan fingerprint density at radius 2 is 2.00 bits per heavy atom. The largest absolute Gasteiger partial charge is 0.489 e. The van der Waals surface area contributed by atoms with Gasteiger partial charge in [0.05, 0.1) is 5.60 Å². The summed E-state index contributed by atoms with van der Waals surface area (Å²) in [6.45, 7) is 8.76. The molecule has 2 aliphatic rings. The fraction of sp³-hybridized carbons (Fsp3) is 0.500. The van der Waals surface area contributed by atoms with Gasteiger partial charge in [-0.25, -0.2) is 4.98 Å². The molecule has 5 unspecified atom stereocenters. The molecular weight excluding hydrogens is 444 g/mol. The second-order valence-electron chi connectivity index (χ2n) is 10.5. The molecule has 34 heavy (non-hydrogen) atoms. The van der Waals surface area contributed by atoms with Gasteiger partial charge in [-0.3, -0.25) is 4.98 Å². The highest BCUT2D eigenvalue weighted by Crippen LogP contribution is 2.62. The number of pyridine rings is 1. The maximum Gasteiger partial charge on any atom is 0.144 e. The van der Waals surface area contributed by atoms with Crippen LogP contribution < -0.4 is 4.74 Å². The van der Waals surface area contributed by atoms with Crippen LogP contribution in [0.15, 0.2) is 48.1 Å². The van der Waals surface area contributed by atoms with Crippen LogP contribution in [0.3, 0.4) is 0 Å². The molecule has 2 aliphatic carbocycles. The van der Waals surface area contributed by atoms with Crippen LogP contribution in [-0.4, -0.2) is 25.8 Å². The molecule has 5 atom stereocenters. The molecule has 0 radical (unpaired) electrons. The quantitative estimate of drug-likeness (QED) is 0.497. The van der Waals surface area contributed by atoms with Crippen LogP contribution in [0.2, 0.25) is 0 Å². The van der Waals surface area contributed by atoms with Crippen LogP contribution in [0.5, 0.6) is 5.75 Å². The average Bonchev–Trinajstić information content (AvgIpc) is 3.36. The fourth-order valence-corrected chi connectivity index (χ4v) is 7.40. The van der Waals surface area contributed by atoms with Crippen molar-refractivity contribution in [2.24, 2.45) is 5.92 Å². The lowest BCUT2D eigenvalue weighted by atomic mass is 9.48. The Balaban J connectivity index is 1.49. The van der Waals surface area contributed by atoms with E-state index in [0.717, 1.165) is 29.8 Å². The summed E-state index contributed by atoms with van der Waals surface area (Å²) in [6, 6.07) is 10.4. The number of benzene rings is 1. The third kappa shape index (κ3) is 3.58. The second kappa shape index (κ2) is 8.43. The van der Waals surface area contributed by atoms with Crippen LogP contribution in [0.25, 0.3) is 0 Å². The van der Waals surface area contributed by atoms with Crippen molar-refractivity contribution >= 4 is 11.3 Å². The van der Waals surface area contributed by atoms with Crippen molar-refractivity contribution in [1.29, 1.82) is 0 Å². The fourth-order valence-electron chi connectivity index (χ4n) is 6.53. The summed E-state index contributed by atoms with van der Waals surface area (Å²) >= 11 is 1.43. The third-order valence-electron chi connectivity index (χ3n) is 8.53. The summed E-state index contributed by atoms with van der Waals surface area (Å²) in [5, 5.41) is 25.9. The van der Waals surface area contributed by atoms with Crippen molar-refractivity contribution in [3.8, 4) is 5.75 Å². The van der Waals surface area contributed by atoms with Gasteiger partial charge in [0.25, 0.3) is 0 Å². The standard InChI is InChI=1S/C28H34N2O3S/c1-5-27-17-26(4,31)28(32,25-30-11-12-34-25)15-21(27)13-18(2)23-14-22(8-9-24(23)27)33-16-20-7-6-10-29-19(20)3/h6-12,14,18,21,31-32H,5,13,15-17H2,1-4H3. The summed E-state index contributed by atoms with van der Waals surface area (Å²) < 4.78 is 6.18. The van der Waals surface area contributed by atoms with Crippen LogP contribution in [0, 0.1) is 12.8 Å². The summed E-state index contributed by atoms with van der Waals surface area (Å²) in [5.41, 5.74) is 1.88. The van der Waals surface area contributed by atoms with E-state index in [-0.39, 0.29) is 11.3 Å². The minimum absolute atomic E-state index is 0.187. The van der Waals surface area contributed by atoms with Gasteiger partial charge >= 0.3 is 0 Å². The molecule has 0 bridgehead atoms. The van der Waals surface area contributed by atoms with Crippen LogP contribution in [0.1, 0.15) is 79.8 Å². The van der Waals surface area contributed by atoms with E-state index in [1.165, 1.54) is 22.5 Å². The molecule has 180 valence electrons. The lowest BCUT2D eigenvalue weighted by molar-refractivity contribution is -0.205. The first-order valence-corrected chi connectivity index (χ1v) is 13.1. The number of rotatable bonds is 5. The summed E-state index contributed by atoms with van der Waals surface area (Å²) in [7, 11) is 0. The molecule has 1 aromatic carbocycles. The molecule has 2 N–H and O–H groups in total. The van der Waals surface area contributed by atoms with E-state index in [1.54, 1.807) is 19.3 Å². The SMILES string of the molecule is CCC12CC(C)(O)C(O)(c3nccs3)CC1CC(C)c1cc(OCc3cccnc3C)ccc12. The number of hydrogen-bond acceptors (Lipinski definition) is 6. The summed E-state index contributed by atoms with van der Waals surface area (Å²) in [6.07, 6.45) is 6.42. The maximum atomic E-state index is 11.8. The number of thiazole rings is 1. The van der Waals surface area contributed by atoms with Gasteiger partial charge in [0.2, 0.25) is 0 Å². The highest BCUT2D eigenvalue weighted by Gasteiger charge is 2.62. The van der Waals surface area contributed by atoms with Crippen molar-refractivity contribution < 1.29 is 14.9 Å². The average molecular weight is 479 g/mol. The summed E-state index contributed by atoms with van der Waals surface area (Å²) in [4.78, 5) is 8.76. The normalized spacial score (nSPS) is 32.6. The van der Waals surface area contributed by atoms with Gasteiger partial charge in [-0.1, -0.05) is 26.0 Å². The van der Waals surface area contributed by atoms with E-state index in [2.05, 4.69) is 42.0 Å². The number of hydrogen-bond donors (Lipinski definition) is 2. The number of aromatic nitrogens is 2. The maximum absolute atomic E-state index is 11.8. The first-order chi connectivity index (χ1) is 16.2. The molecule has 0 amide bonds. The number of nitrogens with zero attached hydrogens (tertiary/aromatic N) is 2. The van der Waals surface area contributed by atoms with Gasteiger partial charge in [0.1, 0.15) is 23.0 Å². The highest BCUT2D eigenvalue weighted by atomic mass is 32.1. The third-order valence-corrected chi connectivity index (χ3v) is 9.45. The van der Waals surface area contributed by atoms with Crippen molar-refractivity contribution in [2.45, 2.75) is 82.5 Å². The number of ether oxygens (including phenoxy) is 1. The van der Waals surface area contributed by atoms with E-state index in [9.17, 15) is 10.2 Å². The van der Waals surface area contributed by atoms with Gasteiger partial charge in [0, 0.05) is 34.4 Å². The lowest BCUT2D eigenvalue weighted by Gasteiger charge is -2.59. The first-order valence-electron chi connectivity index (χ1n) is 12.2. The van der Waals surface area contributed by atoms with Gasteiger partial charge in [-0.05, 0) is 80.7 Å². The molecule has 5 rings (SSSR count). The number of aryl methyl sites for hydroxylation is 1. The smallest absolute Gasteiger partial charge is 0.144 e. The van der Waals surface area contributed by atoms with Gasteiger partial charge in [0.15, 0.2) is 0 Å². The van der Waals surface area contributed by atoms with Gasteiger partial charge in [-0.2, -0.15) is 0 Å². The van der Waals surface area contributed by atoms with E-state index >= 15 is 0 Å². The Morgan fingerprint density at radius 3 is 2.71 bits per heavy atom. The number of aliphatic hydroxyl groups is 2. The summed E-state index contributed by atoms with van der Waals surface area (Å²) in [5.74, 6) is 1.46. The molecule has 6 heteroatoms. The lowest BCUT2D eigenvalue weighted by Crippen LogP contribution is -2.62. The second-order valence-corrected chi connectivity index (χ2v) is 11.4. The van der Waals surface area contributed by atoms with E-state index in [1.807, 2.05) is 24.4 Å². The van der Waals surface area contributed by atoms with Crippen LogP contribution in [-0.2, 0) is 17.6 Å². The zero-order valence-corrected chi connectivity index (χ0v) is 21.2. The van der Waals surface area contributed by atoms with Crippen molar-refractivity contribution in [3.05, 3.63) is 75.5 Å². The Hall–Kier alpha value is -2.28. The Kier molecular flexibility index (Phi) is 5.82. The zero-order chi connectivity index (χ0) is 24.1. The van der Waals surface area contributed by atoms with Crippen LogP contribution >= 0.6 is 11.3 Å². The molecule has 1 saturated carbocycles. The Morgan fingerprint density at radius 1 is 1.18 bits per heavy atom. The Labute approximate surface area is 205 Å². The van der Waals surface area contributed by atoms with E-state index in [4.69, 9.17) is 4.74 Å². The van der Waals surface area contributed by atoms with Gasteiger partial charge < -0.3 is 14.9 Å². The topological polar surface area (TPSA) is 75.5 Å². The molecule has 0 saturated heterocycles. The van der Waals surface area contributed by atoms with Crippen molar-refractivity contribution in [2.75, 3.05) is 0 Å². The minimum Gasteiger partial charge on any atom is -0.489 e. The molecule has 0 aliphatic heterocycles. The predicted molar refractivity (Wildman–Crippen MR) is 134 cm³/mol. The van der Waals surface area contributed by atoms with Crippen LogP contribution in [0.4, 0.5) is 0 Å². The zero-order valence-electron chi connectivity index (χ0n) is 20.4. The monoisotopic (exact) mass is 478 g/mol. The van der Waals surface area contributed by atoms with Gasteiger partial charge in [-0.15, -0.1) is 11.3 Å². The van der Waals surface area contributed by atoms with E-state index < -0.39 is 11.2 Å². The molecule has 2 aromatic heterocycles. The first kappa shape index (κ1) is 23.5. The molecule has 5 nitrogen and oxygen atoms in total. The molecule has 2 heterocycles. The van der Waals surface area contributed by atoms with E-state index in [0.29, 0.717) is 30.4 Å². The predicted octanol–water partition coefficient (Wildman–Crippen LogP) is 5.63. The molecule has 1 fully saturated rings. The number of fused-ring (bicyclic) bond motifs is 3. The molecule has 3 aromatic rings. The Bertz CT molecular complexity index is 1180. The highest BCUT2D eigenvalue weighted by molar-refractivity contribution is 7.09. The van der Waals surface area contributed by atoms with Crippen molar-refractivity contribution in [1.82, 2.24) is 9.97 Å². The minimum atomic E-state index is -1.33. The molecular formula is C28H34N2O3S.